The Morgan fingerprint density at radius 3 is 3.18 bits per heavy atom. The maximum atomic E-state index is 11.0. The van der Waals surface area contributed by atoms with Gasteiger partial charge in [-0.05, 0) is 6.92 Å². The van der Waals surface area contributed by atoms with Crippen molar-refractivity contribution in [3.8, 4) is 0 Å². The molecule has 0 aliphatic carbocycles. The van der Waals surface area contributed by atoms with E-state index in [9.17, 15) is 4.79 Å². The molecular formula is C7H14N2O2. The van der Waals surface area contributed by atoms with Crippen molar-refractivity contribution in [2.45, 2.75) is 13.0 Å². The molecule has 4 nitrogen and oxygen atoms in total. The first-order valence-electron chi connectivity index (χ1n) is 3.88. The van der Waals surface area contributed by atoms with Crippen molar-refractivity contribution < 1.29 is 9.90 Å². The molecule has 0 unspecified atom stereocenters. The highest BCUT2D eigenvalue weighted by atomic mass is 16.3. The summed E-state index contributed by atoms with van der Waals surface area (Å²) in [5.74, 6) is 0.0599. The van der Waals surface area contributed by atoms with Gasteiger partial charge in [0.2, 0.25) is 5.91 Å². The van der Waals surface area contributed by atoms with Crippen LogP contribution in [-0.4, -0.2) is 48.2 Å². The molecule has 1 aliphatic rings. The Balaban J connectivity index is 2.44. The van der Waals surface area contributed by atoms with Crippen molar-refractivity contribution in [1.29, 1.82) is 0 Å². The highest BCUT2D eigenvalue weighted by Gasteiger charge is 2.24. The van der Waals surface area contributed by atoms with Gasteiger partial charge in [0.25, 0.3) is 0 Å². The lowest BCUT2D eigenvalue weighted by molar-refractivity contribution is -0.128. The quantitative estimate of drug-likeness (QED) is 0.530. The molecule has 1 saturated heterocycles. The summed E-state index contributed by atoms with van der Waals surface area (Å²) in [4.78, 5) is 13.0. The number of β-amino-alcohol motifs (C(OH)–C–C–N with tert-alkyl or cyclic N) is 1. The average Bonchev–Trinajstić information content (AvgIpc) is 1.99. The number of nitrogens with one attached hydrogen (secondary N) is 1. The summed E-state index contributed by atoms with van der Waals surface area (Å²) in [6, 6.07) is -0.0871. The van der Waals surface area contributed by atoms with Crippen LogP contribution in [0.15, 0.2) is 0 Å². The van der Waals surface area contributed by atoms with Crippen molar-refractivity contribution in [1.82, 2.24) is 10.2 Å². The van der Waals surface area contributed by atoms with Crippen LogP contribution in [0.2, 0.25) is 0 Å². The molecule has 1 aliphatic heterocycles. The van der Waals surface area contributed by atoms with E-state index in [0.717, 1.165) is 6.54 Å². The first-order chi connectivity index (χ1) is 5.25. The van der Waals surface area contributed by atoms with E-state index in [1.165, 1.54) is 0 Å². The van der Waals surface area contributed by atoms with Gasteiger partial charge in [-0.2, -0.15) is 0 Å². The molecule has 0 saturated carbocycles. The average molecular weight is 158 g/mol. The van der Waals surface area contributed by atoms with Crippen molar-refractivity contribution >= 4 is 5.91 Å². The molecule has 0 aromatic carbocycles. The second kappa shape index (κ2) is 3.69. The smallest absolute Gasteiger partial charge is 0.237 e. The van der Waals surface area contributed by atoms with E-state index in [0.29, 0.717) is 13.1 Å². The lowest BCUT2D eigenvalue weighted by Gasteiger charge is -2.31. The van der Waals surface area contributed by atoms with Gasteiger partial charge in [0, 0.05) is 19.6 Å². The lowest BCUT2D eigenvalue weighted by atomic mass is 10.2. The number of amides is 1. The first kappa shape index (κ1) is 8.49. The predicted octanol–water partition coefficient (Wildman–Crippen LogP) is -1.20. The number of hydrogen-bond donors (Lipinski definition) is 2. The van der Waals surface area contributed by atoms with Crippen LogP contribution < -0.4 is 5.32 Å². The van der Waals surface area contributed by atoms with Gasteiger partial charge >= 0.3 is 0 Å². The molecule has 1 atom stereocenters. The van der Waals surface area contributed by atoms with Crippen LogP contribution in [0.4, 0.5) is 0 Å². The Bertz CT molecular complexity index is 147. The Labute approximate surface area is 66.2 Å². The third kappa shape index (κ3) is 1.91. The van der Waals surface area contributed by atoms with Gasteiger partial charge in [0.1, 0.15) is 0 Å². The molecule has 0 radical (unpaired) electrons. The van der Waals surface area contributed by atoms with E-state index in [1.807, 2.05) is 11.8 Å². The van der Waals surface area contributed by atoms with E-state index >= 15 is 0 Å². The van der Waals surface area contributed by atoms with Gasteiger partial charge in [0.15, 0.2) is 0 Å². The summed E-state index contributed by atoms with van der Waals surface area (Å²) in [6.45, 7) is 4.10. The second-order valence-electron chi connectivity index (χ2n) is 2.73. The second-order valence-corrected chi connectivity index (χ2v) is 2.73. The minimum atomic E-state index is -0.0871. The first-order valence-corrected chi connectivity index (χ1v) is 3.88. The summed E-state index contributed by atoms with van der Waals surface area (Å²) < 4.78 is 0. The maximum absolute atomic E-state index is 11.0. The van der Waals surface area contributed by atoms with Crippen LogP contribution in [0, 0.1) is 0 Å². The van der Waals surface area contributed by atoms with Gasteiger partial charge < -0.3 is 10.4 Å². The van der Waals surface area contributed by atoms with Gasteiger partial charge in [-0.25, -0.2) is 0 Å². The Kier molecular flexibility index (Phi) is 2.84. The maximum Gasteiger partial charge on any atom is 0.237 e. The number of aliphatic hydroxyl groups excluding tert-OH is 1. The topological polar surface area (TPSA) is 52.6 Å². The highest BCUT2D eigenvalue weighted by molar-refractivity contribution is 5.81. The SMILES string of the molecule is C[C@@H]1C(=O)NCCN1CCO. The van der Waals surface area contributed by atoms with E-state index < -0.39 is 0 Å². The minimum Gasteiger partial charge on any atom is -0.395 e. The van der Waals surface area contributed by atoms with Crippen molar-refractivity contribution in [2.24, 2.45) is 0 Å². The molecule has 4 heteroatoms. The summed E-state index contributed by atoms with van der Waals surface area (Å²) >= 11 is 0. The van der Waals surface area contributed by atoms with E-state index in [-0.39, 0.29) is 18.6 Å². The Morgan fingerprint density at radius 2 is 2.55 bits per heavy atom. The molecule has 1 amide bonds. The number of carbonyl (C=O) groups is 1. The molecule has 11 heavy (non-hydrogen) atoms. The van der Waals surface area contributed by atoms with E-state index in [4.69, 9.17) is 5.11 Å². The van der Waals surface area contributed by atoms with Crippen molar-refractivity contribution in [3.63, 3.8) is 0 Å². The largest absolute Gasteiger partial charge is 0.395 e. The summed E-state index contributed by atoms with van der Waals surface area (Å²) in [5, 5.41) is 11.4. The molecule has 0 bridgehead atoms. The van der Waals surface area contributed by atoms with Gasteiger partial charge in [0.05, 0.1) is 12.6 Å². The number of nitrogens with zero attached hydrogens (tertiary/aromatic N) is 1. The van der Waals surface area contributed by atoms with Crippen LogP contribution in [0.25, 0.3) is 0 Å². The minimum absolute atomic E-state index is 0.0599. The zero-order chi connectivity index (χ0) is 8.27. The molecule has 0 spiro atoms. The molecule has 64 valence electrons. The van der Waals surface area contributed by atoms with Crippen LogP contribution in [0.5, 0.6) is 0 Å². The monoisotopic (exact) mass is 158 g/mol. The Hall–Kier alpha value is -0.610. The molecule has 1 fully saturated rings. The fourth-order valence-corrected chi connectivity index (χ4v) is 1.26. The lowest BCUT2D eigenvalue weighted by Crippen LogP contribution is -2.54. The van der Waals surface area contributed by atoms with Crippen LogP contribution in [0.3, 0.4) is 0 Å². The van der Waals surface area contributed by atoms with Gasteiger partial charge in [-0.15, -0.1) is 0 Å². The van der Waals surface area contributed by atoms with Crippen molar-refractivity contribution in [2.75, 3.05) is 26.2 Å². The zero-order valence-corrected chi connectivity index (χ0v) is 6.71. The number of aliphatic hydroxyl groups is 1. The third-order valence-electron chi connectivity index (χ3n) is 2.01. The molecular weight excluding hydrogens is 144 g/mol. The standard InChI is InChI=1S/C7H14N2O2/c1-6-7(11)8-2-3-9(6)4-5-10/h6,10H,2-5H2,1H3,(H,8,11)/t6-/m1/s1. The molecule has 1 rings (SSSR count). The van der Waals surface area contributed by atoms with E-state index in [1.54, 1.807) is 0 Å². The van der Waals surface area contributed by atoms with Crippen LogP contribution in [0.1, 0.15) is 6.92 Å². The molecule has 0 aromatic rings. The van der Waals surface area contributed by atoms with E-state index in [2.05, 4.69) is 5.32 Å². The summed E-state index contributed by atoms with van der Waals surface area (Å²) in [6.07, 6.45) is 0. The van der Waals surface area contributed by atoms with Crippen LogP contribution in [-0.2, 0) is 4.79 Å². The summed E-state index contributed by atoms with van der Waals surface area (Å²) in [5.41, 5.74) is 0. The van der Waals surface area contributed by atoms with Gasteiger partial charge in [-0.3, -0.25) is 9.69 Å². The Morgan fingerprint density at radius 1 is 1.82 bits per heavy atom. The number of rotatable bonds is 2. The fraction of sp³-hybridized carbons (Fsp3) is 0.857. The fourth-order valence-electron chi connectivity index (χ4n) is 1.26. The zero-order valence-electron chi connectivity index (χ0n) is 6.71. The molecule has 1 heterocycles. The molecule has 2 N–H and O–H groups in total. The number of piperazine rings is 1. The van der Waals surface area contributed by atoms with Crippen molar-refractivity contribution in [3.05, 3.63) is 0 Å². The van der Waals surface area contributed by atoms with Crippen LogP contribution >= 0.6 is 0 Å². The highest BCUT2D eigenvalue weighted by Crippen LogP contribution is 2.01. The third-order valence-corrected chi connectivity index (χ3v) is 2.01. The number of hydrogen-bond acceptors (Lipinski definition) is 3. The summed E-state index contributed by atoms with van der Waals surface area (Å²) in [7, 11) is 0. The predicted molar refractivity (Wildman–Crippen MR) is 41.1 cm³/mol. The van der Waals surface area contributed by atoms with Gasteiger partial charge in [-0.1, -0.05) is 0 Å². The molecule has 0 aromatic heterocycles. The normalized spacial score (nSPS) is 26.7. The number of carbonyl (C=O) groups excluding carboxylic acids is 1.